The van der Waals surface area contributed by atoms with Crippen LogP contribution in [0.1, 0.15) is 53.4 Å². The molecule has 0 amide bonds. The lowest BCUT2D eigenvalue weighted by atomic mass is 9.98. The molecule has 0 atom stereocenters. The topological polar surface area (TPSA) is 0 Å². The number of hydrogen-bond acceptors (Lipinski definition) is 0. The summed E-state index contributed by atoms with van der Waals surface area (Å²) in [5, 5.41) is 0. The summed E-state index contributed by atoms with van der Waals surface area (Å²) in [5.74, 6) is 0.773. The fraction of sp³-hybridized carbons (Fsp3) is 0.600. The minimum atomic E-state index is 0.773. The van der Waals surface area contributed by atoms with E-state index in [1.807, 2.05) is 0 Å². The molecule has 0 rings (SSSR count). The molecule has 0 aromatic rings. The molecule has 15 heavy (non-hydrogen) atoms. The van der Waals surface area contributed by atoms with Gasteiger partial charge in [0.1, 0.15) is 0 Å². The molecule has 0 N–H and O–H groups in total. The quantitative estimate of drug-likeness (QED) is 0.497. The standard InChI is InChI=1S/C15H26/c1-5-9-14(4)12-8-13-15(10-6-2)11-7-3/h5,8-9,12-13,15H,6-7,10-11H2,1-4H3/b9-5-,13-8+,14-12-. The van der Waals surface area contributed by atoms with Crippen LogP contribution in [0.25, 0.3) is 0 Å². The van der Waals surface area contributed by atoms with E-state index in [1.54, 1.807) is 0 Å². The maximum atomic E-state index is 2.36. The zero-order valence-corrected chi connectivity index (χ0v) is 10.8. The summed E-state index contributed by atoms with van der Waals surface area (Å²) in [6.07, 6.45) is 16.2. The molecule has 0 radical (unpaired) electrons. The maximum Gasteiger partial charge on any atom is -0.0231 e. The second-order valence-electron chi connectivity index (χ2n) is 4.13. The Morgan fingerprint density at radius 2 is 1.73 bits per heavy atom. The van der Waals surface area contributed by atoms with Gasteiger partial charge in [-0.15, -0.1) is 0 Å². The molecular formula is C15H26. The van der Waals surface area contributed by atoms with E-state index < -0.39 is 0 Å². The molecular weight excluding hydrogens is 180 g/mol. The van der Waals surface area contributed by atoms with Crippen LogP contribution in [0.5, 0.6) is 0 Å². The highest BCUT2D eigenvalue weighted by Gasteiger charge is 2.00. The lowest BCUT2D eigenvalue weighted by Gasteiger charge is -2.08. The summed E-state index contributed by atoms with van der Waals surface area (Å²) < 4.78 is 0. The van der Waals surface area contributed by atoms with Gasteiger partial charge in [-0.25, -0.2) is 0 Å². The number of rotatable bonds is 7. The molecule has 0 aromatic heterocycles. The van der Waals surface area contributed by atoms with Crippen LogP contribution in [-0.2, 0) is 0 Å². The third-order valence-corrected chi connectivity index (χ3v) is 2.49. The molecule has 0 heteroatoms. The van der Waals surface area contributed by atoms with E-state index in [0.29, 0.717) is 0 Å². The van der Waals surface area contributed by atoms with Crippen LogP contribution in [0.4, 0.5) is 0 Å². The van der Waals surface area contributed by atoms with Gasteiger partial charge in [0.2, 0.25) is 0 Å². The minimum absolute atomic E-state index is 0.773. The first kappa shape index (κ1) is 14.2. The van der Waals surface area contributed by atoms with E-state index in [4.69, 9.17) is 0 Å². The summed E-state index contributed by atoms with van der Waals surface area (Å²) in [7, 11) is 0. The van der Waals surface area contributed by atoms with E-state index in [0.717, 1.165) is 5.92 Å². The summed E-state index contributed by atoms with van der Waals surface area (Å²) in [5.41, 5.74) is 1.32. The molecule has 0 aromatic carbocycles. The van der Waals surface area contributed by atoms with Crippen molar-refractivity contribution < 1.29 is 0 Å². The predicted octanol–water partition coefficient (Wildman–Crippen LogP) is 5.28. The second-order valence-corrected chi connectivity index (χ2v) is 4.13. The van der Waals surface area contributed by atoms with Gasteiger partial charge in [-0.05, 0) is 32.6 Å². The third-order valence-electron chi connectivity index (χ3n) is 2.49. The van der Waals surface area contributed by atoms with E-state index in [9.17, 15) is 0 Å². The van der Waals surface area contributed by atoms with Crippen LogP contribution >= 0.6 is 0 Å². The SMILES string of the molecule is C\C=C/C(C)=C\C=C\C(CCC)CCC. The summed E-state index contributed by atoms with van der Waals surface area (Å²) >= 11 is 0. The second kappa shape index (κ2) is 9.76. The van der Waals surface area contributed by atoms with Crippen LogP contribution in [0.3, 0.4) is 0 Å². The first-order valence-corrected chi connectivity index (χ1v) is 6.22. The Balaban J connectivity index is 4.14. The van der Waals surface area contributed by atoms with Crippen LogP contribution < -0.4 is 0 Å². The van der Waals surface area contributed by atoms with E-state index in [1.165, 1.54) is 31.3 Å². The average molecular weight is 206 g/mol. The largest absolute Gasteiger partial charge is 0.0874 e. The average Bonchev–Trinajstić information content (AvgIpc) is 2.19. The highest BCUT2D eigenvalue weighted by Crippen LogP contribution is 2.15. The van der Waals surface area contributed by atoms with Gasteiger partial charge < -0.3 is 0 Å². The summed E-state index contributed by atoms with van der Waals surface area (Å²) in [6, 6.07) is 0. The zero-order valence-electron chi connectivity index (χ0n) is 10.8. The Hall–Kier alpha value is -0.780. The van der Waals surface area contributed by atoms with Gasteiger partial charge in [-0.1, -0.05) is 62.6 Å². The highest BCUT2D eigenvalue weighted by atomic mass is 14.1. The monoisotopic (exact) mass is 206 g/mol. The lowest BCUT2D eigenvalue weighted by Crippen LogP contribution is -1.94. The molecule has 0 heterocycles. The normalized spacial score (nSPS) is 13.5. The molecule has 0 saturated heterocycles. The molecule has 0 nitrogen and oxygen atoms in total. The van der Waals surface area contributed by atoms with Crippen molar-refractivity contribution in [2.24, 2.45) is 5.92 Å². The van der Waals surface area contributed by atoms with Crippen molar-refractivity contribution in [1.29, 1.82) is 0 Å². The van der Waals surface area contributed by atoms with Crippen molar-refractivity contribution >= 4 is 0 Å². The Labute approximate surface area is 95.8 Å². The number of allylic oxidation sites excluding steroid dienone is 6. The molecule has 0 unspecified atom stereocenters. The van der Waals surface area contributed by atoms with Gasteiger partial charge in [0.05, 0.1) is 0 Å². The molecule has 0 saturated carbocycles. The van der Waals surface area contributed by atoms with E-state index in [2.05, 4.69) is 58.1 Å². The minimum Gasteiger partial charge on any atom is -0.0874 e. The van der Waals surface area contributed by atoms with Crippen molar-refractivity contribution in [3.05, 3.63) is 36.0 Å². The van der Waals surface area contributed by atoms with Crippen molar-refractivity contribution in [2.75, 3.05) is 0 Å². The smallest absolute Gasteiger partial charge is 0.0231 e. The molecule has 0 spiro atoms. The fourth-order valence-corrected chi connectivity index (χ4v) is 1.76. The maximum absolute atomic E-state index is 2.36. The predicted molar refractivity (Wildman–Crippen MR) is 71.0 cm³/mol. The Morgan fingerprint density at radius 3 is 2.20 bits per heavy atom. The van der Waals surface area contributed by atoms with Gasteiger partial charge in [0.25, 0.3) is 0 Å². The highest BCUT2D eigenvalue weighted by molar-refractivity contribution is 5.21. The Morgan fingerprint density at radius 1 is 1.13 bits per heavy atom. The summed E-state index contributed by atoms with van der Waals surface area (Å²) in [6.45, 7) is 8.71. The van der Waals surface area contributed by atoms with Crippen molar-refractivity contribution in [2.45, 2.75) is 53.4 Å². The molecule has 0 bridgehead atoms. The van der Waals surface area contributed by atoms with Crippen LogP contribution in [-0.4, -0.2) is 0 Å². The van der Waals surface area contributed by atoms with Gasteiger partial charge in [-0.2, -0.15) is 0 Å². The first-order chi connectivity index (χ1) is 7.24. The Kier molecular flexibility index (Phi) is 9.26. The van der Waals surface area contributed by atoms with Crippen molar-refractivity contribution in [3.63, 3.8) is 0 Å². The molecule has 0 fully saturated rings. The van der Waals surface area contributed by atoms with Crippen molar-refractivity contribution in [3.8, 4) is 0 Å². The van der Waals surface area contributed by atoms with E-state index >= 15 is 0 Å². The van der Waals surface area contributed by atoms with Gasteiger partial charge >= 0.3 is 0 Å². The molecule has 0 aliphatic rings. The van der Waals surface area contributed by atoms with Crippen molar-refractivity contribution in [1.82, 2.24) is 0 Å². The van der Waals surface area contributed by atoms with Crippen LogP contribution in [0.15, 0.2) is 36.0 Å². The third kappa shape index (κ3) is 8.23. The summed E-state index contributed by atoms with van der Waals surface area (Å²) in [4.78, 5) is 0. The fourth-order valence-electron chi connectivity index (χ4n) is 1.76. The first-order valence-electron chi connectivity index (χ1n) is 6.22. The van der Waals surface area contributed by atoms with Crippen LogP contribution in [0, 0.1) is 5.92 Å². The Bertz CT molecular complexity index is 212. The zero-order chi connectivity index (χ0) is 11.5. The van der Waals surface area contributed by atoms with Gasteiger partial charge in [0, 0.05) is 0 Å². The van der Waals surface area contributed by atoms with Gasteiger partial charge in [0.15, 0.2) is 0 Å². The number of hydrogen-bond donors (Lipinski definition) is 0. The molecule has 86 valence electrons. The molecule has 0 aliphatic carbocycles. The molecule has 0 aliphatic heterocycles. The van der Waals surface area contributed by atoms with Gasteiger partial charge in [-0.3, -0.25) is 0 Å². The lowest BCUT2D eigenvalue weighted by molar-refractivity contribution is 0.530. The van der Waals surface area contributed by atoms with Crippen LogP contribution in [0.2, 0.25) is 0 Å². The van der Waals surface area contributed by atoms with E-state index in [-0.39, 0.29) is 0 Å².